The van der Waals surface area contributed by atoms with Crippen LogP contribution in [0.15, 0.2) is 54.6 Å². The van der Waals surface area contributed by atoms with Crippen LogP contribution in [-0.4, -0.2) is 21.6 Å². The molecule has 2 N–H and O–H groups in total. The third-order valence-corrected chi connectivity index (χ3v) is 3.93. The number of hydrogen-bond acceptors (Lipinski definition) is 3. The largest absolute Gasteiger partial charge is 0.326 e. The van der Waals surface area contributed by atoms with Gasteiger partial charge in [0.1, 0.15) is 5.82 Å². The van der Waals surface area contributed by atoms with Crippen molar-refractivity contribution in [2.75, 3.05) is 10.6 Å². The lowest BCUT2D eigenvalue weighted by Gasteiger charge is -2.11. The van der Waals surface area contributed by atoms with Crippen LogP contribution in [0.2, 0.25) is 5.02 Å². The molecule has 0 saturated carbocycles. The van der Waals surface area contributed by atoms with Gasteiger partial charge in [-0.05, 0) is 37.3 Å². The summed E-state index contributed by atoms with van der Waals surface area (Å²) in [7, 11) is 0. The van der Waals surface area contributed by atoms with Gasteiger partial charge < -0.3 is 10.6 Å². The first-order valence-corrected chi connectivity index (χ1v) is 8.32. The predicted molar refractivity (Wildman–Crippen MR) is 102 cm³/mol. The summed E-state index contributed by atoms with van der Waals surface area (Å²) in [6, 6.07) is 16.0. The molecule has 26 heavy (non-hydrogen) atoms. The summed E-state index contributed by atoms with van der Waals surface area (Å²) in [6.07, 6.45) is 0. The van der Waals surface area contributed by atoms with E-state index in [9.17, 15) is 9.59 Å². The molecule has 0 fully saturated rings. The maximum atomic E-state index is 12.7. The molecule has 3 rings (SSSR count). The van der Waals surface area contributed by atoms with Crippen molar-refractivity contribution in [3.63, 3.8) is 0 Å². The summed E-state index contributed by atoms with van der Waals surface area (Å²) in [5.41, 5.74) is 2.35. The second-order valence-corrected chi connectivity index (χ2v) is 6.16. The first-order chi connectivity index (χ1) is 12.4. The summed E-state index contributed by atoms with van der Waals surface area (Å²) < 4.78 is 1.65. The van der Waals surface area contributed by atoms with Gasteiger partial charge in [-0.2, -0.15) is 5.10 Å². The molecule has 6 nitrogen and oxygen atoms in total. The molecule has 3 aromatic rings. The van der Waals surface area contributed by atoms with E-state index in [1.165, 1.54) is 13.0 Å². The molecule has 0 saturated heterocycles. The fourth-order valence-electron chi connectivity index (χ4n) is 2.52. The lowest BCUT2D eigenvalue weighted by molar-refractivity contribution is -0.114. The van der Waals surface area contributed by atoms with E-state index in [-0.39, 0.29) is 17.4 Å². The molecule has 2 amide bonds. The summed E-state index contributed by atoms with van der Waals surface area (Å²) in [5.74, 6) is -0.0876. The number of halogens is 1. The van der Waals surface area contributed by atoms with E-state index in [1.807, 2.05) is 37.3 Å². The molecule has 0 spiro atoms. The molecule has 7 heteroatoms. The number of benzene rings is 2. The van der Waals surface area contributed by atoms with Crippen molar-refractivity contribution in [3.05, 3.63) is 70.9 Å². The Kier molecular flexibility index (Phi) is 5.04. The Morgan fingerprint density at radius 3 is 2.46 bits per heavy atom. The van der Waals surface area contributed by atoms with Gasteiger partial charge in [-0.15, -0.1) is 0 Å². The second kappa shape index (κ2) is 7.41. The summed E-state index contributed by atoms with van der Waals surface area (Å²) in [6.45, 7) is 3.25. The summed E-state index contributed by atoms with van der Waals surface area (Å²) >= 11 is 6.16. The average molecular weight is 369 g/mol. The van der Waals surface area contributed by atoms with Crippen LogP contribution in [0.1, 0.15) is 23.0 Å². The molecule has 0 bridgehead atoms. The van der Waals surface area contributed by atoms with Crippen LogP contribution in [-0.2, 0) is 4.79 Å². The molecule has 1 aromatic heterocycles. The molecule has 0 atom stereocenters. The number of nitrogens with zero attached hydrogens (tertiary/aromatic N) is 2. The van der Waals surface area contributed by atoms with Crippen molar-refractivity contribution in [2.45, 2.75) is 13.8 Å². The average Bonchev–Trinajstić information content (AvgIpc) is 2.97. The zero-order valence-corrected chi connectivity index (χ0v) is 15.0. The van der Waals surface area contributed by atoms with E-state index in [0.29, 0.717) is 16.5 Å². The zero-order chi connectivity index (χ0) is 18.7. The Bertz CT molecular complexity index is 967. The summed E-state index contributed by atoms with van der Waals surface area (Å²) in [4.78, 5) is 23.9. The highest BCUT2D eigenvalue weighted by atomic mass is 35.5. The van der Waals surface area contributed by atoms with E-state index >= 15 is 0 Å². The standard InChI is InChI=1S/C19H17ClN4O2/c1-12-10-18(24(23-12)15-6-4-3-5-7-15)22-19(26)16-11-14(21-13(2)25)8-9-17(16)20/h3-11H,1-2H3,(H,21,25)(H,22,26). The maximum Gasteiger partial charge on any atom is 0.258 e. The number of hydrogen-bond donors (Lipinski definition) is 2. The van der Waals surface area contributed by atoms with Crippen LogP contribution in [0, 0.1) is 6.92 Å². The molecule has 0 aliphatic rings. The summed E-state index contributed by atoms with van der Waals surface area (Å²) in [5, 5.41) is 10.2. The van der Waals surface area contributed by atoms with Crippen LogP contribution >= 0.6 is 11.6 Å². The molecule has 0 aliphatic carbocycles. The smallest absolute Gasteiger partial charge is 0.258 e. The second-order valence-electron chi connectivity index (χ2n) is 5.75. The van der Waals surface area contributed by atoms with Crippen LogP contribution in [0.5, 0.6) is 0 Å². The van der Waals surface area contributed by atoms with E-state index in [2.05, 4.69) is 15.7 Å². The number of anilines is 2. The first-order valence-electron chi connectivity index (χ1n) is 7.94. The van der Waals surface area contributed by atoms with Gasteiger partial charge >= 0.3 is 0 Å². The van der Waals surface area contributed by atoms with Crippen LogP contribution in [0.4, 0.5) is 11.5 Å². The highest BCUT2D eigenvalue weighted by Crippen LogP contribution is 2.23. The number of amides is 2. The predicted octanol–water partition coefficient (Wildman–Crippen LogP) is 4.04. The van der Waals surface area contributed by atoms with Gasteiger partial charge in [0.25, 0.3) is 5.91 Å². The molecule has 0 radical (unpaired) electrons. The Hall–Kier alpha value is -3.12. The van der Waals surface area contributed by atoms with Crippen LogP contribution < -0.4 is 10.6 Å². The Morgan fingerprint density at radius 2 is 1.77 bits per heavy atom. The van der Waals surface area contributed by atoms with Crippen molar-refractivity contribution in [1.29, 1.82) is 0 Å². The number of carbonyl (C=O) groups excluding carboxylic acids is 2. The van der Waals surface area contributed by atoms with Gasteiger partial charge in [0.05, 0.1) is 22.0 Å². The quantitative estimate of drug-likeness (QED) is 0.729. The Morgan fingerprint density at radius 1 is 1.04 bits per heavy atom. The van der Waals surface area contributed by atoms with E-state index in [0.717, 1.165) is 11.4 Å². The van der Waals surface area contributed by atoms with Crippen molar-refractivity contribution in [3.8, 4) is 5.69 Å². The number of aryl methyl sites for hydroxylation is 1. The van der Waals surface area contributed by atoms with Gasteiger partial charge in [0.2, 0.25) is 5.91 Å². The topological polar surface area (TPSA) is 76.0 Å². The van der Waals surface area contributed by atoms with E-state index in [4.69, 9.17) is 11.6 Å². The minimum atomic E-state index is -0.390. The van der Waals surface area contributed by atoms with Gasteiger partial charge in [-0.3, -0.25) is 9.59 Å². The number of aromatic nitrogens is 2. The third-order valence-electron chi connectivity index (χ3n) is 3.61. The van der Waals surface area contributed by atoms with E-state index in [1.54, 1.807) is 22.9 Å². The number of para-hydroxylation sites is 1. The van der Waals surface area contributed by atoms with Gasteiger partial charge in [-0.25, -0.2) is 4.68 Å². The third kappa shape index (κ3) is 3.92. The maximum absolute atomic E-state index is 12.7. The SMILES string of the molecule is CC(=O)Nc1ccc(Cl)c(C(=O)Nc2cc(C)nn2-c2ccccc2)c1. The normalized spacial score (nSPS) is 10.4. The van der Waals surface area contributed by atoms with Gasteiger partial charge in [0.15, 0.2) is 0 Å². The number of carbonyl (C=O) groups is 2. The minimum Gasteiger partial charge on any atom is -0.326 e. The van der Waals surface area contributed by atoms with Crippen molar-refractivity contribution < 1.29 is 9.59 Å². The highest BCUT2D eigenvalue weighted by Gasteiger charge is 2.15. The first kappa shape index (κ1) is 17.7. The lowest BCUT2D eigenvalue weighted by Crippen LogP contribution is -2.16. The molecule has 2 aromatic carbocycles. The molecule has 1 heterocycles. The molecular weight excluding hydrogens is 352 g/mol. The Balaban J connectivity index is 1.91. The van der Waals surface area contributed by atoms with Crippen LogP contribution in [0.25, 0.3) is 5.69 Å². The molecule has 132 valence electrons. The Labute approximate surface area is 155 Å². The van der Waals surface area contributed by atoms with Crippen molar-refractivity contribution in [1.82, 2.24) is 9.78 Å². The lowest BCUT2D eigenvalue weighted by atomic mass is 10.2. The number of rotatable bonds is 4. The highest BCUT2D eigenvalue weighted by molar-refractivity contribution is 6.34. The van der Waals surface area contributed by atoms with Crippen molar-refractivity contribution >= 4 is 34.9 Å². The van der Waals surface area contributed by atoms with E-state index < -0.39 is 0 Å². The fourth-order valence-corrected chi connectivity index (χ4v) is 2.72. The molecule has 0 unspecified atom stereocenters. The monoisotopic (exact) mass is 368 g/mol. The zero-order valence-electron chi connectivity index (χ0n) is 14.3. The fraction of sp³-hybridized carbons (Fsp3) is 0.105. The number of nitrogens with one attached hydrogen (secondary N) is 2. The van der Waals surface area contributed by atoms with Crippen molar-refractivity contribution in [2.24, 2.45) is 0 Å². The van der Waals surface area contributed by atoms with Gasteiger partial charge in [0, 0.05) is 18.7 Å². The molecular formula is C19H17ClN4O2. The minimum absolute atomic E-state index is 0.226. The van der Waals surface area contributed by atoms with Gasteiger partial charge in [-0.1, -0.05) is 29.8 Å². The molecule has 0 aliphatic heterocycles. The van der Waals surface area contributed by atoms with Crippen LogP contribution in [0.3, 0.4) is 0 Å².